The lowest BCUT2D eigenvalue weighted by Gasteiger charge is -2.19. The lowest BCUT2D eigenvalue weighted by molar-refractivity contribution is 0.598. The van der Waals surface area contributed by atoms with Crippen molar-refractivity contribution in [2.24, 2.45) is 4.40 Å². The van der Waals surface area contributed by atoms with Gasteiger partial charge >= 0.3 is 0 Å². The molecule has 3 rings (SSSR count). The van der Waals surface area contributed by atoms with Crippen molar-refractivity contribution in [3.05, 3.63) is 48.0 Å². The average Bonchev–Trinajstić information content (AvgIpc) is 2.38. The van der Waals surface area contributed by atoms with Crippen LogP contribution in [0.3, 0.4) is 0 Å². The highest BCUT2D eigenvalue weighted by Gasteiger charge is 2.26. The molecule has 1 N–H and O–H groups in total. The van der Waals surface area contributed by atoms with Crippen LogP contribution in [0.5, 0.6) is 0 Å². The molecule has 0 aromatic heterocycles. The van der Waals surface area contributed by atoms with Crippen molar-refractivity contribution < 1.29 is 8.42 Å². The number of benzene rings is 2. The number of para-hydroxylation sites is 1. The smallest absolute Gasteiger partial charge is 0.287 e. The minimum absolute atomic E-state index is 0.140. The molecule has 0 radical (unpaired) electrons. The maximum Gasteiger partial charge on any atom is 0.287 e. The molecule has 0 amide bonds. The molecule has 2 aromatic carbocycles. The molecule has 0 saturated carbocycles. The van der Waals surface area contributed by atoms with Gasteiger partial charge in [-0.1, -0.05) is 36.4 Å². The Bertz CT molecular complexity index is 829. The van der Waals surface area contributed by atoms with Gasteiger partial charge in [0.1, 0.15) is 4.90 Å². The van der Waals surface area contributed by atoms with Crippen LogP contribution in [0.15, 0.2) is 51.8 Å². The predicted octanol–water partition coefficient (Wildman–Crippen LogP) is 3.37. The van der Waals surface area contributed by atoms with E-state index in [1.807, 2.05) is 37.3 Å². The Labute approximate surface area is 122 Å². The van der Waals surface area contributed by atoms with Crippen LogP contribution in [0.4, 0.5) is 5.69 Å². The summed E-state index contributed by atoms with van der Waals surface area (Å²) in [6.07, 6.45) is 0. The summed E-state index contributed by atoms with van der Waals surface area (Å²) in [7, 11) is -3.74. The minimum Gasteiger partial charge on any atom is -0.328 e. The monoisotopic (exact) mass is 306 g/mol. The summed E-state index contributed by atoms with van der Waals surface area (Å²) >= 11 is 5.79. The number of sulfonamides is 1. The molecule has 2 aromatic rings. The lowest BCUT2D eigenvalue weighted by Crippen LogP contribution is -2.17. The molecule has 6 heteroatoms. The first-order valence-electron chi connectivity index (χ1n) is 5.95. The van der Waals surface area contributed by atoms with Crippen molar-refractivity contribution in [3.8, 4) is 11.1 Å². The third kappa shape index (κ3) is 2.09. The van der Waals surface area contributed by atoms with Crippen LogP contribution in [-0.2, 0) is 10.0 Å². The molecule has 20 heavy (non-hydrogen) atoms. The third-order valence-corrected chi connectivity index (χ3v) is 4.77. The van der Waals surface area contributed by atoms with Gasteiger partial charge in [-0.2, -0.15) is 8.42 Å². The van der Waals surface area contributed by atoms with Crippen molar-refractivity contribution in [2.75, 3.05) is 5.32 Å². The Morgan fingerprint density at radius 2 is 1.75 bits per heavy atom. The Kier molecular flexibility index (Phi) is 3.03. The largest absolute Gasteiger partial charge is 0.328 e. The number of nitrogens with one attached hydrogen (secondary N) is 1. The van der Waals surface area contributed by atoms with Gasteiger partial charge in [-0.3, -0.25) is 0 Å². The second-order valence-electron chi connectivity index (χ2n) is 4.48. The highest BCUT2D eigenvalue weighted by Crippen LogP contribution is 2.38. The van der Waals surface area contributed by atoms with Crippen molar-refractivity contribution >= 4 is 32.6 Å². The fourth-order valence-corrected chi connectivity index (χ4v) is 3.65. The summed E-state index contributed by atoms with van der Waals surface area (Å²) in [6.45, 7) is 1.97. The average molecular weight is 307 g/mol. The minimum atomic E-state index is -3.74. The lowest BCUT2D eigenvalue weighted by atomic mass is 9.99. The highest BCUT2D eigenvalue weighted by atomic mass is 35.5. The SMILES string of the molecule is Cc1ccccc1-c1cccc2c1NC(Cl)=NS2(=O)=O. The van der Waals surface area contributed by atoms with E-state index >= 15 is 0 Å². The van der Waals surface area contributed by atoms with Gasteiger partial charge in [0.15, 0.2) is 0 Å². The Hall–Kier alpha value is -1.85. The van der Waals surface area contributed by atoms with Gasteiger partial charge in [-0.15, -0.1) is 4.40 Å². The van der Waals surface area contributed by atoms with Crippen molar-refractivity contribution in [1.29, 1.82) is 0 Å². The summed E-state index contributed by atoms with van der Waals surface area (Å²) in [5.74, 6) is 0. The van der Waals surface area contributed by atoms with Gasteiger partial charge in [-0.25, -0.2) is 0 Å². The maximum absolute atomic E-state index is 12.0. The van der Waals surface area contributed by atoms with Crippen molar-refractivity contribution in [2.45, 2.75) is 11.8 Å². The van der Waals surface area contributed by atoms with E-state index in [0.29, 0.717) is 5.69 Å². The van der Waals surface area contributed by atoms with E-state index in [4.69, 9.17) is 11.6 Å². The van der Waals surface area contributed by atoms with E-state index in [0.717, 1.165) is 16.7 Å². The van der Waals surface area contributed by atoms with E-state index in [-0.39, 0.29) is 10.2 Å². The Morgan fingerprint density at radius 1 is 1.05 bits per heavy atom. The standard InChI is InChI=1S/C14H11ClN2O2S/c1-9-5-2-3-6-10(9)11-7-4-8-12-13(11)16-14(15)17-20(12,18)19/h2-8H,1H3,(H,16,17). The van der Waals surface area contributed by atoms with Gasteiger partial charge < -0.3 is 5.32 Å². The van der Waals surface area contributed by atoms with Gasteiger partial charge in [-0.05, 0) is 35.7 Å². The number of amidine groups is 1. The van der Waals surface area contributed by atoms with Crippen molar-refractivity contribution in [3.63, 3.8) is 0 Å². The molecule has 0 spiro atoms. The maximum atomic E-state index is 12.0. The number of rotatable bonds is 1. The zero-order chi connectivity index (χ0) is 14.3. The molecule has 0 saturated heterocycles. The molecule has 0 bridgehead atoms. The predicted molar refractivity (Wildman–Crippen MR) is 80.7 cm³/mol. The topological polar surface area (TPSA) is 58.5 Å². The van der Waals surface area contributed by atoms with Crippen LogP contribution in [0, 0.1) is 6.92 Å². The fourth-order valence-electron chi connectivity index (χ4n) is 2.26. The molecule has 0 aliphatic carbocycles. The number of halogens is 1. The van der Waals surface area contributed by atoms with Crippen LogP contribution in [0.25, 0.3) is 11.1 Å². The van der Waals surface area contributed by atoms with E-state index < -0.39 is 10.0 Å². The number of fused-ring (bicyclic) bond motifs is 1. The van der Waals surface area contributed by atoms with E-state index in [1.165, 1.54) is 6.07 Å². The second kappa shape index (κ2) is 4.61. The number of nitrogens with zero attached hydrogens (tertiary/aromatic N) is 1. The van der Waals surface area contributed by atoms with Crippen molar-refractivity contribution in [1.82, 2.24) is 0 Å². The number of anilines is 1. The molecule has 1 aliphatic rings. The van der Waals surface area contributed by atoms with Gasteiger partial charge in [0.25, 0.3) is 10.0 Å². The summed E-state index contributed by atoms with van der Waals surface area (Å²) in [5.41, 5.74) is 3.27. The first-order valence-corrected chi connectivity index (χ1v) is 7.77. The second-order valence-corrected chi connectivity index (χ2v) is 6.41. The van der Waals surface area contributed by atoms with E-state index in [2.05, 4.69) is 9.71 Å². The van der Waals surface area contributed by atoms with Crippen LogP contribution in [0.1, 0.15) is 5.56 Å². The molecule has 1 aliphatic heterocycles. The molecule has 0 fully saturated rings. The Morgan fingerprint density at radius 3 is 2.50 bits per heavy atom. The van der Waals surface area contributed by atoms with Crippen LogP contribution >= 0.6 is 11.6 Å². The van der Waals surface area contributed by atoms with Gasteiger partial charge in [0.2, 0.25) is 5.29 Å². The summed E-state index contributed by atoms with van der Waals surface area (Å²) in [6, 6.07) is 12.8. The first-order chi connectivity index (χ1) is 9.49. The normalized spacial score (nSPS) is 16.0. The number of aryl methyl sites for hydroxylation is 1. The van der Waals surface area contributed by atoms with E-state index in [1.54, 1.807) is 6.07 Å². The molecular formula is C14H11ClN2O2S. The summed E-state index contributed by atoms with van der Waals surface area (Å²) in [4.78, 5) is 0.141. The summed E-state index contributed by atoms with van der Waals surface area (Å²) < 4.78 is 27.5. The van der Waals surface area contributed by atoms with Crippen LogP contribution < -0.4 is 5.32 Å². The molecule has 0 unspecified atom stereocenters. The fraction of sp³-hybridized carbons (Fsp3) is 0.0714. The third-order valence-electron chi connectivity index (χ3n) is 3.17. The van der Waals surface area contributed by atoms with E-state index in [9.17, 15) is 8.42 Å². The van der Waals surface area contributed by atoms with Crippen LogP contribution in [-0.4, -0.2) is 13.7 Å². The molecule has 102 valence electrons. The quantitative estimate of drug-likeness (QED) is 0.822. The van der Waals surface area contributed by atoms with Crippen LogP contribution in [0.2, 0.25) is 0 Å². The molecular weight excluding hydrogens is 296 g/mol. The van der Waals surface area contributed by atoms with Gasteiger partial charge in [0, 0.05) is 5.56 Å². The zero-order valence-electron chi connectivity index (χ0n) is 10.6. The molecule has 1 heterocycles. The summed E-state index contributed by atoms with van der Waals surface area (Å²) in [5, 5.41) is 2.71. The zero-order valence-corrected chi connectivity index (χ0v) is 12.2. The first kappa shape index (κ1) is 13.1. The molecule has 0 atom stereocenters. The highest BCUT2D eigenvalue weighted by molar-refractivity contribution is 7.90. The molecule has 4 nitrogen and oxygen atoms in total. The number of hydrogen-bond acceptors (Lipinski definition) is 3. The van der Waals surface area contributed by atoms with Gasteiger partial charge in [0.05, 0.1) is 5.69 Å². The Balaban J connectivity index is 2.31. The number of hydrogen-bond donors (Lipinski definition) is 1.